The number of rotatable bonds is 4. The third-order valence-electron chi connectivity index (χ3n) is 5.55. The van der Waals surface area contributed by atoms with Crippen molar-refractivity contribution in [3.8, 4) is 0 Å². The van der Waals surface area contributed by atoms with E-state index in [0.717, 1.165) is 63.7 Å². The summed E-state index contributed by atoms with van der Waals surface area (Å²) in [7, 11) is 0. The molecule has 0 aliphatic carbocycles. The number of aromatic nitrogens is 2. The van der Waals surface area contributed by atoms with Gasteiger partial charge in [-0.3, -0.25) is 14.3 Å². The van der Waals surface area contributed by atoms with Gasteiger partial charge in [-0.05, 0) is 51.0 Å². The summed E-state index contributed by atoms with van der Waals surface area (Å²) >= 11 is 0. The quantitative estimate of drug-likeness (QED) is 0.841. The zero-order chi connectivity index (χ0) is 17.8. The molecule has 2 aliphatic heterocycles. The van der Waals surface area contributed by atoms with E-state index in [-0.39, 0.29) is 23.9 Å². The van der Waals surface area contributed by atoms with Crippen molar-refractivity contribution in [2.24, 2.45) is 0 Å². The molecule has 138 valence electrons. The second-order valence-corrected chi connectivity index (χ2v) is 7.54. The topological polar surface area (TPSA) is 58.4 Å². The van der Waals surface area contributed by atoms with E-state index in [4.69, 9.17) is 0 Å². The van der Waals surface area contributed by atoms with E-state index in [1.807, 2.05) is 33.8 Å². The molecule has 0 radical (unpaired) electrons. The second kappa shape index (κ2) is 8.02. The maximum Gasteiger partial charge on any atom is 0.224 e. The molecular formula is C19H30N4O2. The first-order chi connectivity index (χ1) is 12.0. The summed E-state index contributed by atoms with van der Waals surface area (Å²) in [5.41, 5.74) is 1.15. The number of hydrogen-bond acceptors (Lipinski definition) is 3. The minimum absolute atomic E-state index is 0.0771. The number of hydrogen-bond donors (Lipinski definition) is 0. The van der Waals surface area contributed by atoms with Gasteiger partial charge in [-0.15, -0.1) is 0 Å². The van der Waals surface area contributed by atoms with E-state index in [2.05, 4.69) is 5.10 Å². The minimum atomic E-state index is 0.0771. The van der Waals surface area contributed by atoms with Crippen LogP contribution in [0.3, 0.4) is 0 Å². The van der Waals surface area contributed by atoms with Crippen LogP contribution in [0.15, 0.2) is 12.4 Å². The van der Waals surface area contributed by atoms with Gasteiger partial charge in [-0.1, -0.05) is 0 Å². The number of amides is 2. The fourth-order valence-corrected chi connectivity index (χ4v) is 4.25. The van der Waals surface area contributed by atoms with Gasteiger partial charge in [-0.2, -0.15) is 5.10 Å². The molecule has 0 spiro atoms. The molecule has 2 aliphatic rings. The fraction of sp³-hybridized carbons (Fsp3) is 0.737. The fourth-order valence-electron chi connectivity index (χ4n) is 4.25. The molecule has 6 heteroatoms. The highest BCUT2D eigenvalue weighted by Crippen LogP contribution is 2.24. The van der Waals surface area contributed by atoms with Gasteiger partial charge in [0, 0.05) is 38.7 Å². The van der Waals surface area contributed by atoms with Gasteiger partial charge in [0.1, 0.15) is 0 Å². The van der Waals surface area contributed by atoms with Crippen LogP contribution in [-0.4, -0.2) is 56.6 Å². The van der Waals surface area contributed by atoms with Crippen molar-refractivity contribution in [1.29, 1.82) is 0 Å². The normalized spacial score (nSPS) is 24.4. The Morgan fingerprint density at radius 1 is 1.08 bits per heavy atom. The van der Waals surface area contributed by atoms with Crippen LogP contribution in [0.4, 0.5) is 0 Å². The molecule has 6 nitrogen and oxygen atoms in total. The van der Waals surface area contributed by atoms with Crippen LogP contribution >= 0.6 is 0 Å². The van der Waals surface area contributed by atoms with Crippen LogP contribution in [0.2, 0.25) is 0 Å². The average molecular weight is 346 g/mol. The Hall–Kier alpha value is -1.85. The van der Waals surface area contributed by atoms with Crippen LogP contribution < -0.4 is 0 Å². The zero-order valence-electron chi connectivity index (χ0n) is 15.5. The molecule has 0 aromatic carbocycles. The van der Waals surface area contributed by atoms with Crippen LogP contribution in [0, 0.1) is 6.92 Å². The van der Waals surface area contributed by atoms with Crippen LogP contribution in [0.25, 0.3) is 0 Å². The number of carbonyl (C=O) groups is 2. The summed E-state index contributed by atoms with van der Waals surface area (Å²) in [5, 5.41) is 4.38. The Balaban J connectivity index is 1.64. The van der Waals surface area contributed by atoms with Gasteiger partial charge in [0.15, 0.2) is 0 Å². The standard InChI is InChI=1S/C19H30N4O2/c1-15-12-20-21(13-15)14-18-8-4-6-10-23(18)19(25)11-17-7-3-5-9-22(17)16(2)24/h12-13,17-18H,3-11,14H2,1-2H3/t17-,18+/m1/s1. The average Bonchev–Trinajstić information content (AvgIpc) is 3.00. The lowest BCUT2D eigenvalue weighted by atomic mass is 9.96. The molecule has 2 atom stereocenters. The van der Waals surface area contributed by atoms with Gasteiger partial charge >= 0.3 is 0 Å². The molecule has 3 heterocycles. The van der Waals surface area contributed by atoms with Crippen molar-refractivity contribution >= 4 is 11.8 Å². The molecule has 1 aromatic heterocycles. The summed E-state index contributed by atoms with van der Waals surface area (Å²) in [6.45, 7) is 6.04. The summed E-state index contributed by atoms with van der Waals surface area (Å²) in [5.74, 6) is 0.298. The smallest absolute Gasteiger partial charge is 0.224 e. The Morgan fingerprint density at radius 2 is 1.76 bits per heavy atom. The van der Waals surface area contributed by atoms with Gasteiger partial charge in [0.2, 0.25) is 11.8 Å². The number of likely N-dealkylation sites (tertiary alicyclic amines) is 2. The predicted octanol–water partition coefficient (Wildman–Crippen LogP) is 2.36. The molecule has 0 N–H and O–H groups in total. The number of piperidine rings is 2. The van der Waals surface area contributed by atoms with Gasteiger partial charge in [-0.25, -0.2) is 0 Å². The molecular weight excluding hydrogens is 316 g/mol. The Morgan fingerprint density at radius 3 is 2.40 bits per heavy atom. The van der Waals surface area contributed by atoms with Gasteiger partial charge in [0.05, 0.1) is 18.8 Å². The summed E-state index contributed by atoms with van der Waals surface area (Å²) in [4.78, 5) is 28.8. The summed E-state index contributed by atoms with van der Waals surface area (Å²) in [6, 6.07) is 0.295. The minimum Gasteiger partial charge on any atom is -0.339 e. The van der Waals surface area contributed by atoms with Crippen molar-refractivity contribution in [3.05, 3.63) is 18.0 Å². The van der Waals surface area contributed by atoms with E-state index in [1.165, 1.54) is 0 Å². The lowest BCUT2D eigenvalue weighted by Gasteiger charge is -2.39. The number of nitrogens with zero attached hydrogens (tertiary/aromatic N) is 4. The first-order valence-electron chi connectivity index (χ1n) is 9.60. The lowest BCUT2D eigenvalue weighted by molar-refractivity contribution is -0.139. The van der Waals surface area contributed by atoms with Crippen LogP contribution in [0.5, 0.6) is 0 Å². The summed E-state index contributed by atoms with van der Waals surface area (Å²) < 4.78 is 1.95. The van der Waals surface area contributed by atoms with Crippen LogP contribution in [0.1, 0.15) is 57.4 Å². The van der Waals surface area contributed by atoms with Crippen molar-refractivity contribution < 1.29 is 9.59 Å². The maximum atomic E-state index is 13.0. The monoisotopic (exact) mass is 346 g/mol. The Labute approximate surface area is 150 Å². The lowest BCUT2D eigenvalue weighted by Crippen LogP contribution is -2.50. The van der Waals surface area contributed by atoms with Crippen molar-refractivity contribution in [2.75, 3.05) is 13.1 Å². The van der Waals surface area contributed by atoms with E-state index >= 15 is 0 Å². The van der Waals surface area contributed by atoms with E-state index in [9.17, 15) is 9.59 Å². The Kier molecular flexibility index (Phi) is 5.76. The van der Waals surface area contributed by atoms with Gasteiger partial charge in [0.25, 0.3) is 0 Å². The third kappa shape index (κ3) is 4.41. The van der Waals surface area contributed by atoms with E-state index in [1.54, 1.807) is 6.92 Å². The van der Waals surface area contributed by atoms with E-state index < -0.39 is 0 Å². The predicted molar refractivity (Wildman–Crippen MR) is 96.0 cm³/mol. The molecule has 2 saturated heterocycles. The molecule has 1 aromatic rings. The SMILES string of the molecule is CC(=O)N1CCCC[C@@H]1CC(=O)N1CCCC[C@H]1Cn1cc(C)cn1. The second-order valence-electron chi connectivity index (χ2n) is 7.54. The highest BCUT2D eigenvalue weighted by Gasteiger charge is 2.32. The molecule has 2 fully saturated rings. The highest BCUT2D eigenvalue weighted by molar-refractivity contribution is 5.79. The Bertz CT molecular complexity index is 612. The van der Waals surface area contributed by atoms with Crippen molar-refractivity contribution in [2.45, 2.75) is 77.4 Å². The molecule has 2 amide bonds. The number of carbonyl (C=O) groups excluding carboxylic acids is 2. The van der Waals surface area contributed by atoms with Crippen molar-refractivity contribution in [3.63, 3.8) is 0 Å². The molecule has 0 bridgehead atoms. The maximum absolute atomic E-state index is 13.0. The molecule has 3 rings (SSSR count). The summed E-state index contributed by atoms with van der Waals surface area (Å²) in [6.07, 6.45) is 10.7. The molecule has 25 heavy (non-hydrogen) atoms. The zero-order valence-corrected chi connectivity index (χ0v) is 15.5. The van der Waals surface area contributed by atoms with E-state index in [0.29, 0.717) is 6.42 Å². The number of aryl methyl sites for hydroxylation is 1. The highest BCUT2D eigenvalue weighted by atomic mass is 16.2. The first-order valence-corrected chi connectivity index (χ1v) is 9.60. The van der Waals surface area contributed by atoms with Crippen LogP contribution in [-0.2, 0) is 16.1 Å². The largest absolute Gasteiger partial charge is 0.339 e. The third-order valence-corrected chi connectivity index (χ3v) is 5.55. The molecule has 0 unspecified atom stereocenters. The van der Waals surface area contributed by atoms with Crippen molar-refractivity contribution in [1.82, 2.24) is 19.6 Å². The molecule has 0 saturated carbocycles. The van der Waals surface area contributed by atoms with Gasteiger partial charge < -0.3 is 9.80 Å². The first kappa shape index (κ1) is 18.0.